The summed E-state index contributed by atoms with van der Waals surface area (Å²) >= 11 is 0. The van der Waals surface area contributed by atoms with Gasteiger partial charge in [0.05, 0.1) is 19.8 Å². The van der Waals surface area contributed by atoms with E-state index in [-0.39, 0.29) is 29.5 Å². The Kier molecular flexibility index (Phi) is 13.1. The number of aliphatic imine (C=N–C) groups is 1. The zero-order valence-electron chi connectivity index (χ0n) is 15.2. The normalized spacial score (nSPS) is 16.8. The topological polar surface area (TPSA) is 58.1 Å². The van der Waals surface area contributed by atoms with Crippen LogP contribution in [-0.2, 0) is 9.47 Å². The number of hydrogen-bond donors (Lipinski definition) is 2. The first-order chi connectivity index (χ1) is 10.6. The lowest BCUT2D eigenvalue weighted by Gasteiger charge is -2.41. The van der Waals surface area contributed by atoms with Crippen LogP contribution in [0.3, 0.4) is 0 Å². The number of hydrogen-bond acceptors (Lipinski definition) is 4. The summed E-state index contributed by atoms with van der Waals surface area (Å²) in [5.41, 5.74) is 0.146. The summed E-state index contributed by atoms with van der Waals surface area (Å²) in [6.45, 7) is 10.6. The summed E-state index contributed by atoms with van der Waals surface area (Å²) in [6.07, 6.45) is 4.00. The van der Waals surface area contributed by atoms with E-state index in [0.29, 0.717) is 19.8 Å². The van der Waals surface area contributed by atoms with Crippen LogP contribution in [0.1, 0.15) is 33.1 Å². The standard InChI is InChI=1S/C16H34N4O2.HI/c1-16(2,20-9-6-5-7-10-20)14-19-15(17-3)18-8-11-22-13-12-21-4;/h5-14H2,1-4H3,(H2,17,18,19);1H. The molecule has 0 atom stereocenters. The number of rotatable bonds is 9. The van der Waals surface area contributed by atoms with Crippen molar-refractivity contribution in [3.05, 3.63) is 0 Å². The maximum absolute atomic E-state index is 5.43. The molecular weight excluding hydrogens is 407 g/mol. The van der Waals surface area contributed by atoms with Crippen molar-refractivity contribution in [1.82, 2.24) is 15.5 Å². The molecule has 1 rings (SSSR count). The molecule has 0 aromatic heterocycles. The zero-order chi connectivity index (χ0) is 16.3. The molecule has 0 aliphatic carbocycles. The summed E-state index contributed by atoms with van der Waals surface area (Å²) in [4.78, 5) is 6.84. The molecular formula is C16H35IN4O2. The molecule has 0 spiro atoms. The molecule has 0 radical (unpaired) electrons. The van der Waals surface area contributed by atoms with E-state index in [1.165, 1.54) is 32.4 Å². The van der Waals surface area contributed by atoms with Crippen molar-refractivity contribution in [2.75, 3.05) is 60.2 Å². The van der Waals surface area contributed by atoms with Crippen LogP contribution in [0.5, 0.6) is 0 Å². The maximum atomic E-state index is 5.43. The Labute approximate surface area is 158 Å². The van der Waals surface area contributed by atoms with Crippen LogP contribution in [0.25, 0.3) is 0 Å². The van der Waals surface area contributed by atoms with Crippen molar-refractivity contribution in [3.8, 4) is 0 Å². The number of guanidine groups is 1. The van der Waals surface area contributed by atoms with Crippen molar-refractivity contribution in [3.63, 3.8) is 0 Å². The van der Waals surface area contributed by atoms with E-state index in [1.54, 1.807) is 14.2 Å². The van der Waals surface area contributed by atoms with Crippen LogP contribution in [0.15, 0.2) is 4.99 Å². The molecule has 0 amide bonds. The van der Waals surface area contributed by atoms with E-state index in [4.69, 9.17) is 9.47 Å². The van der Waals surface area contributed by atoms with Gasteiger partial charge in [0.15, 0.2) is 5.96 Å². The second kappa shape index (κ2) is 13.2. The SMILES string of the molecule is CN=C(NCCOCCOC)NCC(C)(C)N1CCCCC1.I. The van der Waals surface area contributed by atoms with E-state index in [9.17, 15) is 0 Å². The van der Waals surface area contributed by atoms with Crippen molar-refractivity contribution in [2.45, 2.75) is 38.6 Å². The molecule has 7 heteroatoms. The molecule has 138 valence electrons. The van der Waals surface area contributed by atoms with E-state index < -0.39 is 0 Å². The quantitative estimate of drug-likeness (QED) is 0.247. The summed E-state index contributed by atoms with van der Waals surface area (Å²) in [6, 6.07) is 0. The number of ether oxygens (including phenoxy) is 2. The molecule has 1 aliphatic heterocycles. The lowest BCUT2D eigenvalue weighted by Crippen LogP contribution is -2.55. The van der Waals surface area contributed by atoms with Crippen LogP contribution < -0.4 is 10.6 Å². The fourth-order valence-electron chi connectivity index (χ4n) is 2.62. The van der Waals surface area contributed by atoms with Gasteiger partial charge >= 0.3 is 0 Å². The fourth-order valence-corrected chi connectivity index (χ4v) is 2.62. The Morgan fingerprint density at radius 2 is 1.78 bits per heavy atom. The van der Waals surface area contributed by atoms with Gasteiger partial charge in [0, 0.05) is 32.8 Å². The third kappa shape index (κ3) is 9.69. The molecule has 0 aromatic carbocycles. The Morgan fingerprint density at radius 1 is 1.09 bits per heavy atom. The third-order valence-corrected chi connectivity index (χ3v) is 4.09. The lowest BCUT2D eigenvalue weighted by molar-refractivity contribution is 0.0732. The monoisotopic (exact) mass is 442 g/mol. The van der Waals surface area contributed by atoms with Crippen molar-refractivity contribution >= 4 is 29.9 Å². The molecule has 1 heterocycles. The Bertz CT molecular complexity index is 321. The molecule has 6 nitrogen and oxygen atoms in total. The predicted octanol–water partition coefficient (Wildman–Crippen LogP) is 1.70. The van der Waals surface area contributed by atoms with Gasteiger partial charge in [-0.1, -0.05) is 6.42 Å². The number of halogens is 1. The minimum atomic E-state index is 0. The fraction of sp³-hybridized carbons (Fsp3) is 0.938. The second-order valence-corrected chi connectivity index (χ2v) is 6.32. The van der Waals surface area contributed by atoms with Gasteiger partial charge in [-0.05, 0) is 39.8 Å². The first-order valence-corrected chi connectivity index (χ1v) is 8.36. The summed E-state index contributed by atoms with van der Waals surface area (Å²) < 4.78 is 10.4. The number of nitrogens with one attached hydrogen (secondary N) is 2. The highest BCUT2D eigenvalue weighted by Gasteiger charge is 2.27. The Morgan fingerprint density at radius 3 is 2.39 bits per heavy atom. The van der Waals surface area contributed by atoms with Crippen LogP contribution in [0.2, 0.25) is 0 Å². The van der Waals surface area contributed by atoms with Crippen molar-refractivity contribution < 1.29 is 9.47 Å². The van der Waals surface area contributed by atoms with E-state index >= 15 is 0 Å². The van der Waals surface area contributed by atoms with Crippen molar-refractivity contribution in [1.29, 1.82) is 0 Å². The minimum Gasteiger partial charge on any atom is -0.382 e. The molecule has 0 saturated carbocycles. The highest BCUT2D eigenvalue weighted by atomic mass is 127. The van der Waals surface area contributed by atoms with Gasteiger partial charge in [-0.2, -0.15) is 0 Å². The molecule has 23 heavy (non-hydrogen) atoms. The van der Waals surface area contributed by atoms with Crippen LogP contribution in [0, 0.1) is 0 Å². The Balaban J connectivity index is 0.00000484. The van der Waals surface area contributed by atoms with Crippen LogP contribution in [-0.4, -0.2) is 76.6 Å². The summed E-state index contributed by atoms with van der Waals surface area (Å²) in [7, 11) is 3.48. The lowest BCUT2D eigenvalue weighted by atomic mass is 9.98. The molecule has 0 unspecified atom stereocenters. The summed E-state index contributed by atoms with van der Waals surface area (Å²) in [5, 5.41) is 6.70. The first kappa shape index (κ1) is 22.9. The third-order valence-electron chi connectivity index (χ3n) is 4.09. The molecule has 1 saturated heterocycles. The van der Waals surface area contributed by atoms with Crippen molar-refractivity contribution in [2.24, 2.45) is 4.99 Å². The molecule has 1 aliphatic rings. The van der Waals surface area contributed by atoms with Gasteiger partial charge in [-0.3, -0.25) is 9.89 Å². The molecule has 0 bridgehead atoms. The number of methoxy groups -OCH3 is 1. The van der Waals surface area contributed by atoms with Crippen LogP contribution in [0.4, 0.5) is 0 Å². The number of piperidine rings is 1. The maximum Gasteiger partial charge on any atom is 0.191 e. The molecule has 1 fully saturated rings. The van der Waals surface area contributed by atoms with Gasteiger partial charge in [0.1, 0.15) is 0 Å². The Hall–Kier alpha value is -0.120. The first-order valence-electron chi connectivity index (χ1n) is 8.36. The van der Waals surface area contributed by atoms with Gasteiger partial charge in [0.2, 0.25) is 0 Å². The highest BCUT2D eigenvalue weighted by Crippen LogP contribution is 2.19. The predicted molar refractivity (Wildman–Crippen MR) is 107 cm³/mol. The van der Waals surface area contributed by atoms with Gasteiger partial charge in [0.25, 0.3) is 0 Å². The zero-order valence-corrected chi connectivity index (χ0v) is 17.5. The largest absolute Gasteiger partial charge is 0.382 e. The van der Waals surface area contributed by atoms with Crippen LogP contribution >= 0.6 is 24.0 Å². The number of nitrogens with zero attached hydrogens (tertiary/aromatic N) is 2. The van der Waals surface area contributed by atoms with E-state index in [0.717, 1.165) is 19.0 Å². The van der Waals surface area contributed by atoms with E-state index in [1.807, 2.05) is 0 Å². The molecule has 2 N–H and O–H groups in total. The average molecular weight is 442 g/mol. The minimum absolute atomic E-state index is 0. The molecule has 0 aromatic rings. The smallest absolute Gasteiger partial charge is 0.191 e. The van der Waals surface area contributed by atoms with Gasteiger partial charge < -0.3 is 20.1 Å². The highest BCUT2D eigenvalue weighted by molar-refractivity contribution is 14.0. The average Bonchev–Trinajstić information content (AvgIpc) is 2.54. The number of likely N-dealkylation sites (tertiary alicyclic amines) is 1. The van der Waals surface area contributed by atoms with Gasteiger partial charge in [-0.25, -0.2) is 0 Å². The van der Waals surface area contributed by atoms with E-state index in [2.05, 4.69) is 34.4 Å². The second-order valence-electron chi connectivity index (χ2n) is 6.32. The van der Waals surface area contributed by atoms with Gasteiger partial charge in [-0.15, -0.1) is 24.0 Å². The summed E-state index contributed by atoms with van der Waals surface area (Å²) in [5.74, 6) is 0.834.